The van der Waals surface area contributed by atoms with E-state index >= 15 is 0 Å². The molecule has 0 spiro atoms. The van der Waals surface area contributed by atoms with Gasteiger partial charge in [-0.25, -0.2) is 8.78 Å². The second-order valence-electron chi connectivity index (χ2n) is 2.73. The molecule has 0 unspecified atom stereocenters. The van der Waals surface area contributed by atoms with Crippen LogP contribution in [0.3, 0.4) is 0 Å². The number of hydrogen-bond donors (Lipinski definition) is 1. The van der Waals surface area contributed by atoms with Gasteiger partial charge in [0.2, 0.25) is 0 Å². The molecular formula is C8H17F2N. The Labute approximate surface area is 67.2 Å². The molecule has 0 aromatic heterocycles. The van der Waals surface area contributed by atoms with Crippen LogP contribution in [0.1, 0.15) is 26.7 Å². The van der Waals surface area contributed by atoms with Gasteiger partial charge in [0, 0.05) is 0 Å². The molecule has 0 rings (SSSR count). The lowest BCUT2D eigenvalue weighted by atomic mass is 10.0. The van der Waals surface area contributed by atoms with Crippen molar-refractivity contribution in [3.8, 4) is 0 Å². The zero-order valence-electron chi connectivity index (χ0n) is 7.24. The molecule has 0 heterocycles. The van der Waals surface area contributed by atoms with Crippen LogP contribution in [0.15, 0.2) is 0 Å². The van der Waals surface area contributed by atoms with Crippen LogP contribution in [-0.2, 0) is 0 Å². The van der Waals surface area contributed by atoms with E-state index in [0.717, 1.165) is 19.4 Å². The molecule has 0 fully saturated rings. The van der Waals surface area contributed by atoms with Crippen molar-refractivity contribution in [2.24, 2.45) is 5.92 Å². The van der Waals surface area contributed by atoms with E-state index in [1.807, 2.05) is 0 Å². The molecule has 0 bridgehead atoms. The summed E-state index contributed by atoms with van der Waals surface area (Å²) in [5.74, 6) is 0.550. The third-order valence-electron chi connectivity index (χ3n) is 1.89. The molecule has 0 aliphatic heterocycles. The van der Waals surface area contributed by atoms with Crippen molar-refractivity contribution in [1.82, 2.24) is 5.32 Å². The number of halogens is 2. The fourth-order valence-electron chi connectivity index (χ4n) is 0.974. The number of alkyl halides is 2. The van der Waals surface area contributed by atoms with E-state index in [-0.39, 0.29) is 6.54 Å². The van der Waals surface area contributed by atoms with Crippen LogP contribution >= 0.6 is 0 Å². The normalized spacial score (nSPS) is 11.5. The van der Waals surface area contributed by atoms with E-state index in [0.29, 0.717) is 5.92 Å². The minimum Gasteiger partial charge on any atom is -0.311 e. The average Bonchev–Trinajstić information content (AvgIpc) is 1.98. The van der Waals surface area contributed by atoms with Crippen LogP contribution in [0.2, 0.25) is 0 Å². The Balaban J connectivity index is 3.21. The highest BCUT2D eigenvalue weighted by atomic mass is 19.3. The van der Waals surface area contributed by atoms with Gasteiger partial charge in [-0.3, -0.25) is 0 Å². The highest BCUT2D eigenvalue weighted by Crippen LogP contribution is 2.04. The maximum Gasteiger partial charge on any atom is 0.250 e. The fraction of sp³-hybridized carbons (Fsp3) is 1.00. The predicted octanol–water partition coefficient (Wildman–Crippen LogP) is 2.28. The van der Waals surface area contributed by atoms with Gasteiger partial charge < -0.3 is 5.32 Å². The van der Waals surface area contributed by atoms with E-state index in [4.69, 9.17) is 0 Å². The van der Waals surface area contributed by atoms with E-state index < -0.39 is 6.43 Å². The van der Waals surface area contributed by atoms with Crippen molar-refractivity contribution in [3.63, 3.8) is 0 Å². The second kappa shape index (κ2) is 6.53. The van der Waals surface area contributed by atoms with Gasteiger partial charge in [-0.15, -0.1) is 0 Å². The van der Waals surface area contributed by atoms with Crippen LogP contribution in [0.5, 0.6) is 0 Å². The SMILES string of the molecule is CCC(CC)CNCC(F)F. The minimum absolute atomic E-state index is 0.170. The predicted molar refractivity (Wildman–Crippen MR) is 42.9 cm³/mol. The molecule has 3 heteroatoms. The fourth-order valence-corrected chi connectivity index (χ4v) is 0.974. The summed E-state index contributed by atoms with van der Waals surface area (Å²) < 4.78 is 23.3. The van der Waals surface area contributed by atoms with Crippen LogP contribution < -0.4 is 5.32 Å². The highest BCUT2D eigenvalue weighted by molar-refractivity contribution is 4.58. The minimum atomic E-state index is -2.22. The Kier molecular flexibility index (Phi) is 6.42. The largest absolute Gasteiger partial charge is 0.311 e. The van der Waals surface area contributed by atoms with E-state index in [1.54, 1.807) is 0 Å². The zero-order chi connectivity index (χ0) is 8.69. The molecule has 68 valence electrons. The summed E-state index contributed by atoms with van der Waals surface area (Å²) >= 11 is 0. The van der Waals surface area contributed by atoms with Gasteiger partial charge in [-0.05, 0) is 12.5 Å². The molecule has 0 saturated carbocycles. The molecule has 0 radical (unpaired) electrons. The van der Waals surface area contributed by atoms with E-state index in [9.17, 15) is 8.78 Å². The van der Waals surface area contributed by atoms with Crippen LogP contribution in [0.25, 0.3) is 0 Å². The van der Waals surface area contributed by atoms with Gasteiger partial charge >= 0.3 is 0 Å². The summed E-state index contributed by atoms with van der Waals surface area (Å²) in [6, 6.07) is 0. The molecule has 0 aliphatic rings. The van der Waals surface area contributed by atoms with Gasteiger partial charge in [0.1, 0.15) is 0 Å². The molecule has 0 atom stereocenters. The summed E-state index contributed by atoms with van der Waals surface area (Å²) in [6.07, 6.45) is -0.0937. The van der Waals surface area contributed by atoms with Gasteiger partial charge in [-0.2, -0.15) is 0 Å². The summed E-state index contributed by atoms with van der Waals surface area (Å²) in [4.78, 5) is 0. The molecule has 0 aromatic rings. The topological polar surface area (TPSA) is 12.0 Å². The Hall–Kier alpha value is -0.180. The third kappa shape index (κ3) is 6.23. The first-order chi connectivity index (χ1) is 5.20. The zero-order valence-corrected chi connectivity index (χ0v) is 7.24. The van der Waals surface area contributed by atoms with Gasteiger partial charge in [0.05, 0.1) is 6.54 Å². The van der Waals surface area contributed by atoms with E-state index in [1.165, 1.54) is 0 Å². The quantitative estimate of drug-likeness (QED) is 0.636. The Morgan fingerprint density at radius 1 is 1.09 bits per heavy atom. The summed E-state index contributed by atoms with van der Waals surface area (Å²) in [5.41, 5.74) is 0. The summed E-state index contributed by atoms with van der Waals surface area (Å²) in [7, 11) is 0. The summed E-state index contributed by atoms with van der Waals surface area (Å²) in [6.45, 7) is 4.71. The van der Waals surface area contributed by atoms with E-state index in [2.05, 4.69) is 19.2 Å². The first-order valence-corrected chi connectivity index (χ1v) is 4.19. The van der Waals surface area contributed by atoms with Crippen LogP contribution in [0, 0.1) is 5.92 Å². The number of nitrogens with one attached hydrogen (secondary N) is 1. The van der Waals surface area contributed by atoms with Crippen molar-refractivity contribution >= 4 is 0 Å². The molecule has 1 N–H and O–H groups in total. The average molecular weight is 165 g/mol. The highest BCUT2D eigenvalue weighted by Gasteiger charge is 2.04. The van der Waals surface area contributed by atoms with Crippen molar-refractivity contribution in [1.29, 1.82) is 0 Å². The summed E-state index contributed by atoms with van der Waals surface area (Å²) in [5, 5.41) is 2.74. The molecule has 11 heavy (non-hydrogen) atoms. The standard InChI is InChI=1S/C8H17F2N/c1-3-7(4-2)5-11-6-8(9)10/h7-8,11H,3-6H2,1-2H3. The van der Waals surface area contributed by atoms with Gasteiger partial charge in [0.25, 0.3) is 6.43 Å². The molecule has 0 aromatic carbocycles. The first-order valence-electron chi connectivity index (χ1n) is 4.19. The Morgan fingerprint density at radius 2 is 1.64 bits per heavy atom. The van der Waals surface area contributed by atoms with Crippen molar-refractivity contribution in [2.75, 3.05) is 13.1 Å². The third-order valence-corrected chi connectivity index (χ3v) is 1.89. The van der Waals surface area contributed by atoms with Crippen molar-refractivity contribution in [2.45, 2.75) is 33.1 Å². The Bertz CT molecular complexity index is 82.2. The molecule has 0 saturated heterocycles. The molecule has 1 nitrogen and oxygen atoms in total. The lowest BCUT2D eigenvalue weighted by Gasteiger charge is -2.12. The van der Waals surface area contributed by atoms with Gasteiger partial charge in [0.15, 0.2) is 0 Å². The number of rotatable bonds is 6. The van der Waals surface area contributed by atoms with Crippen LogP contribution in [-0.4, -0.2) is 19.5 Å². The Morgan fingerprint density at radius 3 is 2.00 bits per heavy atom. The molecule has 0 aliphatic carbocycles. The lowest BCUT2D eigenvalue weighted by Crippen LogP contribution is -2.26. The molecular weight excluding hydrogens is 148 g/mol. The second-order valence-corrected chi connectivity index (χ2v) is 2.73. The van der Waals surface area contributed by atoms with Crippen molar-refractivity contribution in [3.05, 3.63) is 0 Å². The van der Waals surface area contributed by atoms with Gasteiger partial charge in [-0.1, -0.05) is 26.7 Å². The lowest BCUT2D eigenvalue weighted by molar-refractivity contribution is 0.144. The molecule has 0 amide bonds. The smallest absolute Gasteiger partial charge is 0.250 e. The van der Waals surface area contributed by atoms with Crippen LogP contribution in [0.4, 0.5) is 8.78 Å². The number of hydrogen-bond acceptors (Lipinski definition) is 1. The maximum atomic E-state index is 11.6. The monoisotopic (exact) mass is 165 g/mol. The first kappa shape index (κ1) is 10.8. The van der Waals surface area contributed by atoms with Crippen molar-refractivity contribution < 1.29 is 8.78 Å². The maximum absolute atomic E-state index is 11.6.